The molecule has 4 nitrogen and oxygen atoms in total. The number of fused-ring (bicyclic) bond motifs is 1. The lowest BCUT2D eigenvalue weighted by atomic mass is 10.1. The van der Waals surface area contributed by atoms with E-state index in [1.165, 1.54) is 10.8 Å². The van der Waals surface area contributed by atoms with Crippen LogP contribution >= 0.6 is 0 Å². The lowest BCUT2D eigenvalue weighted by Crippen LogP contribution is -2.14. The first-order valence-corrected chi connectivity index (χ1v) is 7.30. The van der Waals surface area contributed by atoms with E-state index < -0.39 is 0 Å². The van der Waals surface area contributed by atoms with Crippen molar-refractivity contribution in [1.82, 2.24) is 0 Å². The van der Waals surface area contributed by atoms with Gasteiger partial charge in [-0.2, -0.15) is 0 Å². The molecule has 0 atom stereocenters. The molecule has 0 bridgehead atoms. The van der Waals surface area contributed by atoms with Crippen LogP contribution in [0.2, 0.25) is 0 Å². The van der Waals surface area contributed by atoms with Crippen LogP contribution in [-0.2, 0) is 14.3 Å². The van der Waals surface area contributed by atoms with Crippen molar-refractivity contribution in [2.45, 2.75) is 6.92 Å². The summed E-state index contributed by atoms with van der Waals surface area (Å²) in [6, 6.07) is 14.5. The molecule has 0 unspecified atom stereocenters. The smallest absolute Gasteiger partial charge is 0.333 e. The number of ether oxygens (including phenoxy) is 2. The van der Waals surface area contributed by atoms with Crippen LogP contribution in [0, 0.1) is 0 Å². The maximum Gasteiger partial charge on any atom is 0.333 e. The van der Waals surface area contributed by atoms with Gasteiger partial charge >= 0.3 is 5.97 Å². The van der Waals surface area contributed by atoms with Crippen molar-refractivity contribution < 1.29 is 14.3 Å². The van der Waals surface area contributed by atoms with Crippen molar-refractivity contribution in [2.75, 3.05) is 31.7 Å². The highest BCUT2D eigenvalue weighted by molar-refractivity contribution is 5.87. The molecule has 0 spiro atoms. The minimum absolute atomic E-state index is 0.252. The van der Waals surface area contributed by atoms with Crippen molar-refractivity contribution in [2.24, 2.45) is 0 Å². The Morgan fingerprint density at radius 3 is 2.64 bits per heavy atom. The van der Waals surface area contributed by atoms with Gasteiger partial charge in [-0.05, 0) is 29.8 Å². The van der Waals surface area contributed by atoms with E-state index in [2.05, 4.69) is 42.2 Å². The third-order valence-corrected chi connectivity index (χ3v) is 3.13. The van der Waals surface area contributed by atoms with Gasteiger partial charge in [0.15, 0.2) is 0 Å². The largest absolute Gasteiger partial charge is 0.460 e. The number of esters is 1. The molecule has 0 aliphatic rings. The minimum Gasteiger partial charge on any atom is -0.460 e. The Morgan fingerprint density at radius 2 is 1.86 bits per heavy atom. The number of nitrogens with one attached hydrogen (secondary N) is 1. The topological polar surface area (TPSA) is 47.6 Å². The fraction of sp³-hybridized carbons (Fsp3) is 0.278. The van der Waals surface area contributed by atoms with Crippen LogP contribution in [0.4, 0.5) is 5.69 Å². The van der Waals surface area contributed by atoms with Crippen molar-refractivity contribution in [3.63, 3.8) is 0 Å². The van der Waals surface area contributed by atoms with E-state index in [1.54, 1.807) is 6.92 Å². The summed E-state index contributed by atoms with van der Waals surface area (Å²) in [7, 11) is 0. The van der Waals surface area contributed by atoms with Gasteiger partial charge in [-0.1, -0.05) is 36.9 Å². The van der Waals surface area contributed by atoms with Gasteiger partial charge < -0.3 is 14.8 Å². The summed E-state index contributed by atoms with van der Waals surface area (Å²) in [6.45, 7) is 7.03. The molecular formula is C18H21NO3. The van der Waals surface area contributed by atoms with Gasteiger partial charge in [0.2, 0.25) is 0 Å². The highest BCUT2D eigenvalue weighted by Gasteiger charge is 2.01. The predicted octanol–water partition coefficient (Wildman–Crippen LogP) is 3.39. The van der Waals surface area contributed by atoms with E-state index in [9.17, 15) is 4.79 Å². The molecule has 4 heteroatoms. The van der Waals surface area contributed by atoms with Gasteiger partial charge in [0, 0.05) is 17.8 Å². The number of carbonyl (C=O) groups is 1. The zero-order chi connectivity index (χ0) is 15.8. The Bertz CT molecular complexity index is 652. The monoisotopic (exact) mass is 299 g/mol. The highest BCUT2D eigenvalue weighted by Crippen LogP contribution is 2.18. The molecule has 0 radical (unpaired) electrons. The van der Waals surface area contributed by atoms with E-state index >= 15 is 0 Å². The molecule has 0 aliphatic carbocycles. The molecule has 0 saturated heterocycles. The molecule has 22 heavy (non-hydrogen) atoms. The number of rotatable bonds is 8. The molecule has 2 rings (SSSR count). The number of hydrogen-bond acceptors (Lipinski definition) is 4. The number of hydrogen-bond donors (Lipinski definition) is 1. The molecule has 2 aromatic carbocycles. The zero-order valence-corrected chi connectivity index (χ0v) is 12.8. The van der Waals surface area contributed by atoms with Crippen LogP contribution in [-0.4, -0.2) is 32.3 Å². The SMILES string of the molecule is C=C(C)C(=O)OCCOCCNc1ccc2ccccc2c1. The number of benzene rings is 2. The van der Waals surface area contributed by atoms with E-state index in [4.69, 9.17) is 9.47 Å². The Morgan fingerprint density at radius 1 is 1.09 bits per heavy atom. The fourth-order valence-electron chi connectivity index (χ4n) is 1.99. The van der Waals surface area contributed by atoms with Crippen LogP contribution in [0.1, 0.15) is 6.92 Å². The molecule has 2 aromatic rings. The molecule has 0 saturated carbocycles. The van der Waals surface area contributed by atoms with Crippen LogP contribution in [0.3, 0.4) is 0 Å². The van der Waals surface area contributed by atoms with Crippen molar-refractivity contribution in [1.29, 1.82) is 0 Å². The lowest BCUT2D eigenvalue weighted by molar-refractivity contribution is -0.140. The van der Waals surface area contributed by atoms with Gasteiger partial charge in [-0.3, -0.25) is 0 Å². The summed E-state index contributed by atoms with van der Waals surface area (Å²) >= 11 is 0. The lowest BCUT2D eigenvalue weighted by Gasteiger charge is -2.09. The molecule has 0 aliphatic heterocycles. The van der Waals surface area contributed by atoms with Crippen LogP contribution in [0.25, 0.3) is 10.8 Å². The Labute approximate surface area is 130 Å². The maximum atomic E-state index is 11.1. The normalized spacial score (nSPS) is 10.4. The average molecular weight is 299 g/mol. The summed E-state index contributed by atoms with van der Waals surface area (Å²) < 4.78 is 10.3. The Kier molecular flexibility index (Phi) is 5.98. The predicted molar refractivity (Wildman–Crippen MR) is 89.0 cm³/mol. The summed E-state index contributed by atoms with van der Waals surface area (Å²) in [5.41, 5.74) is 1.47. The minimum atomic E-state index is -0.377. The molecule has 1 N–H and O–H groups in total. The molecule has 0 heterocycles. The average Bonchev–Trinajstić information content (AvgIpc) is 2.53. The standard InChI is InChI=1S/C18H21NO3/c1-14(2)18(20)22-12-11-21-10-9-19-17-8-7-15-5-3-4-6-16(15)13-17/h3-8,13,19H,1,9-12H2,2H3. The molecule has 0 fully saturated rings. The molecular weight excluding hydrogens is 278 g/mol. The summed E-state index contributed by atoms with van der Waals surface area (Å²) in [4.78, 5) is 11.1. The summed E-state index contributed by atoms with van der Waals surface area (Å²) in [5, 5.41) is 5.74. The number of carbonyl (C=O) groups excluding carboxylic acids is 1. The van der Waals surface area contributed by atoms with Crippen LogP contribution < -0.4 is 5.32 Å². The van der Waals surface area contributed by atoms with Gasteiger partial charge in [0.05, 0.1) is 13.2 Å². The van der Waals surface area contributed by atoms with Gasteiger partial charge in [0.1, 0.15) is 6.61 Å². The Hall–Kier alpha value is -2.33. The third kappa shape index (κ3) is 4.90. The second kappa shape index (κ2) is 8.20. The highest BCUT2D eigenvalue weighted by atomic mass is 16.6. The molecule has 0 amide bonds. The molecule has 0 aromatic heterocycles. The van der Waals surface area contributed by atoms with Crippen LogP contribution in [0.5, 0.6) is 0 Å². The van der Waals surface area contributed by atoms with E-state index in [-0.39, 0.29) is 12.6 Å². The van der Waals surface area contributed by atoms with Gasteiger partial charge in [0.25, 0.3) is 0 Å². The van der Waals surface area contributed by atoms with Gasteiger partial charge in [-0.25, -0.2) is 4.79 Å². The number of anilines is 1. The van der Waals surface area contributed by atoms with Crippen molar-refractivity contribution in [3.05, 3.63) is 54.6 Å². The third-order valence-electron chi connectivity index (χ3n) is 3.13. The van der Waals surface area contributed by atoms with Crippen molar-refractivity contribution >= 4 is 22.4 Å². The van der Waals surface area contributed by atoms with E-state index in [0.717, 1.165) is 5.69 Å². The first-order valence-electron chi connectivity index (χ1n) is 7.30. The summed E-state index contributed by atoms with van der Waals surface area (Å²) in [5.74, 6) is -0.377. The summed E-state index contributed by atoms with van der Waals surface area (Å²) in [6.07, 6.45) is 0. The van der Waals surface area contributed by atoms with Crippen LogP contribution in [0.15, 0.2) is 54.6 Å². The zero-order valence-electron chi connectivity index (χ0n) is 12.8. The molecule has 116 valence electrons. The maximum absolute atomic E-state index is 11.1. The Balaban J connectivity index is 1.64. The van der Waals surface area contributed by atoms with E-state index in [0.29, 0.717) is 25.3 Å². The van der Waals surface area contributed by atoms with Gasteiger partial charge in [-0.15, -0.1) is 0 Å². The quantitative estimate of drug-likeness (QED) is 0.461. The van der Waals surface area contributed by atoms with E-state index in [1.807, 2.05) is 12.1 Å². The second-order valence-corrected chi connectivity index (χ2v) is 5.02. The van der Waals surface area contributed by atoms with Crippen molar-refractivity contribution in [3.8, 4) is 0 Å². The fourth-order valence-corrected chi connectivity index (χ4v) is 1.99. The first-order chi connectivity index (χ1) is 10.7. The second-order valence-electron chi connectivity index (χ2n) is 5.02. The first kappa shape index (κ1) is 16.0.